The molecule has 2 aromatic rings. The van der Waals surface area contributed by atoms with E-state index in [1.54, 1.807) is 19.1 Å². The minimum absolute atomic E-state index is 0.0549. The van der Waals surface area contributed by atoms with Crippen molar-refractivity contribution in [3.8, 4) is 0 Å². The highest BCUT2D eigenvalue weighted by Gasteiger charge is 2.41. The summed E-state index contributed by atoms with van der Waals surface area (Å²) in [5, 5.41) is 2.79. The topological polar surface area (TPSA) is 104 Å². The number of hydrogen-bond acceptors (Lipinski definition) is 5. The zero-order chi connectivity index (χ0) is 24.2. The van der Waals surface area contributed by atoms with E-state index in [1.807, 2.05) is 31.2 Å². The van der Waals surface area contributed by atoms with Crippen molar-refractivity contribution < 1.29 is 22.8 Å². The molecule has 0 bridgehead atoms. The number of hydrogen-bond donors (Lipinski definition) is 1. The maximum Gasteiger partial charge on any atom is 0.269 e. The summed E-state index contributed by atoms with van der Waals surface area (Å²) in [5.74, 6) is -1.36. The second kappa shape index (κ2) is 10.5. The molecule has 1 N–H and O–H groups in total. The van der Waals surface area contributed by atoms with Crippen molar-refractivity contribution in [2.24, 2.45) is 0 Å². The number of nitrogens with one attached hydrogen (secondary N) is 1. The SMILES string of the molecule is CCCNC(=O)[C@H](C)N(Cc1cccc(Br)c1)C(=O)CCN1C(=O)c2ccccc2S1(=O)=O. The maximum atomic E-state index is 13.2. The lowest BCUT2D eigenvalue weighted by atomic mass is 10.1. The van der Waals surface area contributed by atoms with Crippen LogP contribution in [0.4, 0.5) is 0 Å². The molecule has 10 heteroatoms. The average Bonchev–Trinajstić information content (AvgIpc) is 2.99. The molecular formula is C23H26BrN3O5S. The molecule has 0 aromatic heterocycles. The van der Waals surface area contributed by atoms with Gasteiger partial charge in [0.25, 0.3) is 15.9 Å². The van der Waals surface area contributed by atoms with Crippen molar-refractivity contribution in [3.63, 3.8) is 0 Å². The predicted molar refractivity (Wildman–Crippen MR) is 127 cm³/mol. The van der Waals surface area contributed by atoms with Crippen LogP contribution in [-0.2, 0) is 26.2 Å². The fraction of sp³-hybridized carbons (Fsp3) is 0.348. The molecule has 33 heavy (non-hydrogen) atoms. The van der Waals surface area contributed by atoms with Crippen molar-refractivity contribution in [2.75, 3.05) is 13.1 Å². The predicted octanol–water partition coefficient (Wildman–Crippen LogP) is 2.93. The highest BCUT2D eigenvalue weighted by atomic mass is 79.9. The van der Waals surface area contributed by atoms with Crippen LogP contribution in [0, 0.1) is 0 Å². The van der Waals surface area contributed by atoms with Crippen LogP contribution in [0.25, 0.3) is 0 Å². The van der Waals surface area contributed by atoms with Crippen LogP contribution in [0.5, 0.6) is 0 Å². The summed E-state index contributed by atoms with van der Waals surface area (Å²) in [7, 11) is -4.00. The number of halogens is 1. The van der Waals surface area contributed by atoms with Gasteiger partial charge in [0.05, 0.1) is 5.56 Å². The summed E-state index contributed by atoms with van der Waals surface area (Å²) in [5.41, 5.74) is 0.911. The summed E-state index contributed by atoms with van der Waals surface area (Å²) in [6.45, 7) is 3.92. The number of amides is 3. The number of benzene rings is 2. The summed E-state index contributed by atoms with van der Waals surface area (Å²) < 4.78 is 27.1. The van der Waals surface area contributed by atoms with Crippen molar-refractivity contribution in [1.29, 1.82) is 0 Å². The quantitative estimate of drug-likeness (QED) is 0.531. The van der Waals surface area contributed by atoms with Crippen LogP contribution >= 0.6 is 15.9 Å². The molecule has 8 nitrogen and oxygen atoms in total. The molecule has 3 amide bonds. The van der Waals surface area contributed by atoms with Crippen molar-refractivity contribution in [3.05, 3.63) is 64.1 Å². The highest BCUT2D eigenvalue weighted by Crippen LogP contribution is 2.30. The third-order valence-corrected chi connectivity index (χ3v) is 7.73. The van der Waals surface area contributed by atoms with Gasteiger partial charge in [0.15, 0.2) is 0 Å². The summed E-state index contributed by atoms with van der Waals surface area (Å²) >= 11 is 3.40. The zero-order valence-electron chi connectivity index (χ0n) is 18.5. The molecule has 3 rings (SSSR count). The Morgan fingerprint density at radius 2 is 1.88 bits per heavy atom. The second-order valence-electron chi connectivity index (χ2n) is 7.75. The van der Waals surface area contributed by atoms with Gasteiger partial charge in [-0.1, -0.05) is 47.1 Å². The Balaban J connectivity index is 1.78. The Hall–Kier alpha value is -2.72. The number of sulfonamides is 1. The van der Waals surface area contributed by atoms with Gasteiger partial charge < -0.3 is 10.2 Å². The van der Waals surface area contributed by atoms with Gasteiger partial charge in [0, 0.05) is 30.5 Å². The van der Waals surface area contributed by atoms with Crippen LogP contribution in [0.2, 0.25) is 0 Å². The van der Waals surface area contributed by atoms with E-state index in [0.29, 0.717) is 6.54 Å². The van der Waals surface area contributed by atoms with Gasteiger partial charge in [-0.05, 0) is 43.2 Å². The van der Waals surface area contributed by atoms with Crippen LogP contribution in [0.3, 0.4) is 0 Å². The first-order chi connectivity index (χ1) is 15.7. The van der Waals surface area contributed by atoms with Crippen molar-refractivity contribution >= 4 is 43.7 Å². The molecule has 0 saturated carbocycles. The van der Waals surface area contributed by atoms with Gasteiger partial charge in [-0.2, -0.15) is 0 Å². The molecule has 0 fully saturated rings. The Kier molecular flexibility index (Phi) is 7.91. The number of rotatable bonds is 9. The van der Waals surface area contributed by atoms with Gasteiger partial charge in [-0.25, -0.2) is 12.7 Å². The van der Waals surface area contributed by atoms with Crippen molar-refractivity contribution in [2.45, 2.75) is 44.2 Å². The van der Waals surface area contributed by atoms with Gasteiger partial charge >= 0.3 is 0 Å². The first-order valence-electron chi connectivity index (χ1n) is 10.6. The Bertz CT molecular complexity index is 1170. The summed E-state index contributed by atoms with van der Waals surface area (Å²) in [6.07, 6.45) is 0.520. The molecular weight excluding hydrogens is 510 g/mol. The van der Waals surface area contributed by atoms with Crippen LogP contribution < -0.4 is 5.32 Å². The first-order valence-corrected chi connectivity index (χ1v) is 12.9. The molecule has 176 valence electrons. The average molecular weight is 536 g/mol. The molecule has 1 aliphatic heterocycles. The lowest BCUT2D eigenvalue weighted by Crippen LogP contribution is -2.48. The lowest BCUT2D eigenvalue weighted by Gasteiger charge is -2.29. The number of fused-ring (bicyclic) bond motifs is 1. The molecule has 0 unspecified atom stereocenters. The van der Waals surface area contributed by atoms with E-state index in [9.17, 15) is 22.8 Å². The molecule has 1 atom stereocenters. The summed E-state index contributed by atoms with van der Waals surface area (Å²) in [4.78, 5) is 39.8. The van der Waals surface area contributed by atoms with E-state index in [1.165, 1.54) is 17.0 Å². The van der Waals surface area contributed by atoms with E-state index in [4.69, 9.17) is 0 Å². The van der Waals surface area contributed by atoms with Gasteiger partial charge in [-0.15, -0.1) is 0 Å². The van der Waals surface area contributed by atoms with Gasteiger partial charge in [0.1, 0.15) is 10.9 Å². The largest absolute Gasteiger partial charge is 0.354 e. The molecule has 2 aromatic carbocycles. The number of carbonyl (C=O) groups excluding carboxylic acids is 3. The molecule has 0 spiro atoms. The Labute approximate surface area is 202 Å². The normalized spacial score (nSPS) is 15.1. The second-order valence-corrected chi connectivity index (χ2v) is 10.5. The van der Waals surface area contributed by atoms with Gasteiger partial charge in [0.2, 0.25) is 11.8 Å². The maximum absolute atomic E-state index is 13.2. The highest BCUT2D eigenvalue weighted by molar-refractivity contribution is 9.10. The van der Waals surface area contributed by atoms with Crippen molar-refractivity contribution in [1.82, 2.24) is 14.5 Å². The minimum Gasteiger partial charge on any atom is -0.354 e. The number of nitrogens with zero attached hydrogens (tertiary/aromatic N) is 2. The zero-order valence-corrected chi connectivity index (χ0v) is 20.9. The third-order valence-electron chi connectivity index (χ3n) is 5.40. The van der Waals surface area contributed by atoms with E-state index in [2.05, 4.69) is 21.2 Å². The third kappa shape index (κ3) is 5.44. The monoisotopic (exact) mass is 535 g/mol. The van der Waals surface area contributed by atoms with E-state index < -0.39 is 27.9 Å². The van der Waals surface area contributed by atoms with Crippen LogP contribution in [0.1, 0.15) is 42.6 Å². The fourth-order valence-corrected chi connectivity index (χ4v) is 5.62. The lowest BCUT2D eigenvalue weighted by molar-refractivity contribution is -0.140. The van der Waals surface area contributed by atoms with Crippen LogP contribution in [0.15, 0.2) is 57.9 Å². The summed E-state index contributed by atoms with van der Waals surface area (Å²) in [6, 6.07) is 12.6. The standard InChI is InChI=1S/C23H26BrN3O5S/c1-3-12-25-22(29)16(2)26(15-17-7-6-8-18(24)14-17)21(28)11-13-27-23(30)19-9-4-5-10-20(19)33(27,31)32/h4-10,14,16H,3,11-13,15H2,1-2H3,(H,25,29)/t16-/m0/s1. The molecule has 0 aliphatic carbocycles. The fourth-order valence-electron chi connectivity index (χ4n) is 3.60. The van der Waals surface area contributed by atoms with E-state index in [-0.39, 0.29) is 35.9 Å². The minimum atomic E-state index is -4.00. The molecule has 0 radical (unpaired) electrons. The molecule has 0 saturated heterocycles. The molecule has 1 aliphatic rings. The Morgan fingerprint density at radius 3 is 2.55 bits per heavy atom. The van der Waals surface area contributed by atoms with Crippen LogP contribution in [-0.4, -0.2) is 54.5 Å². The van der Waals surface area contributed by atoms with Gasteiger partial charge in [-0.3, -0.25) is 14.4 Å². The first kappa shape index (κ1) is 24.9. The number of carbonyl (C=O) groups is 3. The Morgan fingerprint density at radius 1 is 1.15 bits per heavy atom. The van der Waals surface area contributed by atoms with E-state index >= 15 is 0 Å². The van der Waals surface area contributed by atoms with E-state index in [0.717, 1.165) is 20.8 Å². The molecule has 1 heterocycles. The smallest absolute Gasteiger partial charge is 0.269 e.